The predicted octanol–water partition coefficient (Wildman–Crippen LogP) is -0.588. The monoisotopic (exact) mass is 679 g/mol. The molecule has 2 amide bonds. The summed E-state index contributed by atoms with van der Waals surface area (Å²) < 4.78 is 37.8. The maximum Gasteiger partial charge on any atom is 1.00 e. The Kier molecular flexibility index (Phi) is 10.1. The van der Waals surface area contributed by atoms with Crippen LogP contribution in [0.3, 0.4) is 0 Å². The first kappa shape index (κ1) is 34.7. The number of imidazole rings is 1. The topological polar surface area (TPSA) is 242 Å². The van der Waals surface area contributed by atoms with E-state index in [0.29, 0.717) is 18.0 Å². The molecular weight excluding hydrogens is 659 g/mol. The number of aromatic carboxylic acids is 2. The second-order valence-corrected chi connectivity index (χ2v) is 9.93. The van der Waals surface area contributed by atoms with Gasteiger partial charge in [-0.05, 0) is 58.5 Å². The van der Waals surface area contributed by atoms with E-state index in [-0.39, 0.29) is 60.7 Å². The number of halogens is 2. The van der Waals surface area contributed by atoms with Gasteiger partial charge in [0.1, 0.15) is 12.1 Å². The number of nitrogens with one attached hydrogen (secondary N) is 2. The number of anilines is 2. The second-order valence-electron chi connectivity index (χ2n) is 9.93. The molecule has 0 radical (unpaired) electrons. The van der Waals surface area contributed by atoms with E-state index in [9.17, 15) is 38.2 Å². The van der Waals surface area contributed by atoms with Gasteiger partial charge in [0.05, 0.1) is 29.1 Å². The van der Waals surface area contributed by atoms with Gasteiger partial charge < -0.3 is 27.0 Å². The van der Waals surface area contributed by atoms with Gasteiger partial charge >= 0.3 is 30.8 Å². The fourth-order valence-corrected chi connectivity index (χ4v) is 4.43. The van der Waals surface area contributed by atoms with Crippen LogP contribution in [0.2, 0.25) is 0 Å². The Balaban J connectivity index is 0.00000292. The molecule has 0 unspecified atom stereocenters. The third-order valence-electron chi connectivity index (χ3n) is 6.80. The maximum atomic E-state index is 15.0. The molecule has 21 heteroatoms. The third kappa shape index (κ3) is 7.40. The van der Waals surface area contributed by atoms with E-state index in [4.69, 9.17) is 4.74 Å². The molecular formula is C29H20F2LiN11O7. The van der Waals surface area contributed by atoms with Crippen molar-refractivity contribution >= 4 is 40.8 Å². The zero-order valence-electron chi connectivity index (χ0n) is 26.5. The molecule has 0 saturated carbocycles. The summed E-state index contributed by atoms with van der Waals surface area (Å²) in [6.07, 6.45) is 4.35. The fraction of sp³-hybridized carbons (Fsp3) is 0.0690. The van der Waals surface area contributed by atoms with E-state index in [2.05, 4.69) is 46.4 Å². The molecule has 50 heavy (non-hydrogen) atoms. The smallest absolute Gasteiger partial charge is 1.00 e. The van der Waals surface area contributed by atoms with Crippen LogP contribution in [0.25, 0.3) is 11.5 Å². The van der Waals surface area contributed by atoms with Crippen molar-refractivity contribution in [1.29, 1.82) is 0 Å². The van der Waals surface area contributed by atoms with E-state index < -0.39 is 58.9 Å². The van der Waals surface area contributed by atoms with E-state index in [1.54, 1.807) is 10.8 Å². The number of hydrogen-bond acceptors (Lipinski definition) is 12. The minimum atomic E-state index is -1.56. The van der Waals surface area contributed by atoms with Crippen molar-refractivity contribution in [3.8, 4) is 11.6 Å². The predicted molar refractivity (Wildman–Crippen MR) is 161 cm³/mol. The Bertz CT molecular complexity index is 2260. The van der Waals surface area contributed by atoms with Crippen molar-refractivity contribution in [2.75, 3.05) is 17.2 Å². The third-order valence-corrected chi connectivity index (χ3v) is 6.80. The Labute approximate surface area is 290 Å². The summed E-state index contributed by atoms with van der Waals surface area (Å²) in [5.74, 6) is -6.95. The zero-order valence-corrected chi connectivity index (χ0v) is 25.5. The van der Waals surface area contributed by atoms with Crippen LogP contribution in [-0.2, 0) is 6.42 Å². The average molecular weight is 679 g/mol. The summed E-state index contributed by atoms with van der Waals surface area (Å²) in [7, 11) is 0. The number of amides is 2. The standard InChI is InChI=1S/C29H19F2N11O7.Li.H/c30-17-10-15(28(45)46)21(33-26(43)19-1-3-24(36-35-19)41-7-6-32-13-41)9-14(17)5-8-49-23-12-22(16(29(47)48)11-18(23)31)34-27(44)20-2-4-25-37-39-40-42(25)38-20;;/h1-4,6-7,9-13H,5,8H2,(H,33,43)(H,34,44)(H,45,46)(H,47,48);;/q;+1;-1. The molecule has 4 N–H and O–H groups in total. The number of hydrogen-bond donors (Lipinski definition) is 4. The number of fused-ring (bicyclic) bond motifs is 1. The first-order valence-electron chi connectivity index (χ1n) is 13.8. The summed E-state index contributed by atoms with van der Waals surface area (Å²) in [6.45, 7) is -0.397. The largest absolute Gasteiger partial charge is 1.00 e. The van der Waals surface area contributed by atoms with Gasteiger partial charge in [-0.2, -0.15) is 0 Å². The number of nitrogens with zero attached hydrogens (tertiary/aromatic N) is 9. The number of rotatable bonds is 11. The number of benzene rings is 2. The van der Waals surface area contributed by atoms with Crippen LogP contribution in [0.15, 0.2) is 67.3 Å². The van der Waals surface area contributed by atoms with Crippen molar-refractivity contribution in [3.05, 3.63) is 107 Å². The minimum Gasteiger partial charge on any atom is -1.00 e. The molecule has 18 nitrogen and oxygen atoms in total. The Hall–Kier alpha value is -6.65. The summed E-state index contributed by atoms with van der Waals surface area (Å²) in [5.41, 5.74) is -1.97. The molecule has 0 spiro atoms. The van der Waals surface area contributed by atoms with E-state index in [0.717, 1.165) is 16.8 Å². The number of carbonyl (C=O) groups is 4. The van der Waals surface area contributed by atoms with Gasteiger partial charge in [-0.3, -0.25) is 14.2 Å². The minimum absolute atomic E-state index is 0. The number of carboxylic acid groups (broad SMARTS) is 2. The van der Waals surface area contributed by atoms with E-state index >= 15 is 0 Å². The van der Waals surface area contributed by atoms with Crippen molar-refractivity contribution in [3.63, 3.8) is 0 Å². The fourth-order valence-electron chi connectivity index (χ4n) is 4.43. The van der Waals surface area contributed by atoms with Gasteiger partial charge in [0.2, 0.25) is 0 Å². The normalized spacial score (nSPS) is 10.7. The first-order chi connectivity index (χ1) is 23.6. The summed E-state index contributed by atoms with van der Waals surface area (Å²) in [6, 6.07) is 8.87. The van der Waals surface area contributed by atoms with Crippen LogP contribution in [0, 0.1) is 11.6 Å². The molecule has 6 aromatic rings. The molecule has 0 atom stereocenters. The maximum absolute atomic E-state index is 15.0. The number of carbonyl (C=O) groups excluding carboxylic acids is 2. The molecule has 0 aliphatic rings. The molecule has 0 aliphatic carbocycles. The number of ether oxygens (including phenoxy) is 1. The Morgan fingerprint density at radius 2 is 1.52 bits per heavy atom. The van der Waals surface area contributed by atoms with Crippen molar-refractivity contribution in [2.24, 2.45) is 0 Å². The summed E-state index contributed by atoms with van der Waals surface area (Å²) >= 11 is 0. The first-order valence-corrected chi connectivity index (χ1v) is 13.8. The number of tetrazole rings is 1. The number of aromatic nitrogens is 9. The van der Waals surface area contributed by atoms with Crippen LogP contribution >= 0.6 is 0 Å². The van der Waals surface area contributed by atoms with Gasteiger partial charge in [0.25, 0.3) is 11.8 Å². The van der Waals surface area contributed by atoms with Gasteiger partial charge in [-0.15, -0.1) is 25.0 Å². The summed E-state index contributed by atoms with van der Waals surface area (Å²) in [4.78, 5) is 53.2. The molecule has 0 saturated heterocycles. The van der Waals surface area contributed by atoms with Gasteiger partial charge in [0, 0.05) is 24.9 Å². The van der Waals surface area contributed by atoms with E-state index in [1.165, 1.54) is 36.8 Å². The molecule has 0 aliphatic heterocycles. The van der Waals surface area contributed by atoms with Crippen molar-refractivity contribution in [1.82, 2.24) is 45.0 Å². The molecule has 2 aromatic carbocycles. The van der Waals surface area contributed by atoms with Gasteiger partial charge in [-0.1, -0.05) is 0 Å². The molecule has 6 rings (SSSR count). The molecule has 4 heterocycles. The quantitative estimate of drug-likeness (QED) is 0.125. The van der Waals surface area contributed by atoms with Crippen LogP contribution in [-0.4, -0.2) is 85.6 Å². The molecule has 248 valence electrons. The SMILES string of the molecule is O=C(Nc1cc(CCOc2cc(NC(=O)c3ccc4nnnn4n3)c(C(=O)O)cc2F)c(F)cc1C(=O)O)c1ccc(-n2ccnc2)nn1.[H-].[Li+]. The summed E-state index contributed by atoms with van der Waals surface area (Å²) in [5, 5.41) is 46.3. The second kappa shape index (κ2) is 14.6. The van der Waals surface area contributed by atoms with Gasteiger partial charge in [0.15, 0.2) is 34.4 Å². The molecule has 4 aromatic heterocycles. The number of carboxylic acids is 2. The Morgan fingerprint density at radius 3 is 2.18 bits per heavy atom. The van der Waals surface area contributed by atoms with Crippen LogP contribution < -0.4 is 34.2 Å². The van der Waals surface area contributed by atoms with Crippen LogP contribution in [0.1, 0.15) is 48.7 Å². The Morgan fingerprint density at radius 1 is 0.840 bits per heavy atom. The van der Waals surface area contributed by atoms with Crippen molar-refractivity contribution < 1.29 is 63.2 Å². The van der Waals surface area contributed by atoms with Crippen LogP contribution in [0.5, 0.6) is 5.75 Å². The van der Waals surface area contributed by atoms with Gasteiger partial charge in [-0.25, -0.2) is 23.4 Å². The molecule has 0 bridgehead atoms. The molecule has 0 fully saturated rings. The van der Waals surface area contributed by atoms with E-state index in [1.807, 2.05) is 0 Å². The van der Waals surface area contributed by atoms with Crippen molar-refractivity contribution in [2.45, 2.75) is 6.42 Å². The average Bonchev–Trinajstić information content (AvgIpc) is 3.79. The van der Waals surface area contributed by atoms with Crippen LogP contribution in [0.4, 0.5) is 20.2 Å². The zero-order chi connectivity index (χ0) is 34.7.